The van der Waals surface area contributed by atoms with Crippen molar-refractivity contribution in [2.45, 2.75) is 26.3 Å². The molecule has 1 aromatic carbocycles. The van der Waals surface area contributed by atoms with Gasteiger partial charge in [-0.25, -0.2) is 4.39 Å². The molecule has 120 valence electrons. The number of unbranched alkanes of at least 4 members (excludes halogenated alkanes) is 1. The summed E-state index contributed by atoms with van der Waals surface area (Å²) in [5, 5.41) is 6.43. The first-order valence-electron chi connectivity index (χ1n) is 7.03. The summed E-state index contributed by atoms with van der Waals surface area (Å²) in [7, 11) is 1.74. The molecule has 4 nitrogen and oxygen atoms in total. The number of ether oxygens (including phenoxy) is 1. The lowest BCUT2D eigenvalue weighted by Gasteiger charge is -2.11. The molecule has 0 saturated heterocycles. The van der Waals surface area contributed by atoms with E-state index in [4.69, 9.17) is 4.74 Å². The Balaban J connectivity index is 0.00000400. The molecule has 2 N–H and O–H groups in total. The number of nitrogens with zero attached hydrogens (tertiary/aromatic N) is 1. The van der Waals surface area contributed by atoms with Crippen LogP contribution in [0.3, 0.4) is 0 Å². The average molecular weight is 409 g/mol. The van der Waals surface area contributed by atoms with Crippen molar-refractivity contribution in [2.24, 2.45) is 4.99 Å². The van der Waals surface area contributed by atoms with Gasteiger partial charge < -0.3 is 15.4 Å². The van der Waals surface area contributed by atoms with Crippen molar-refractivity contribution in [2.75, 3.05) is 26.8 Å². The van der Waals surface area contributed by atoms with E-state index in [1.807, 2.05) is 6.92 Å². The lowest BCUT2D eigenvalue weighted by molar-refractivity contribution is 0.143. The number of hydrogen-bond donors (Lipinski definition) is 2. The van der Waals surface area contributed by atoms with Gasteiger partial charge in [-0.3, -0.25) is 4.99 Å². The number of halogens is 2. The Bertz CT molecular complexity index is 398. The van der Waals surface area contributed by atoms with Crippen molar-refractivity contribution in [1.82, 2.24) is 10.6 Å². The Morgan fingerprint density at radius 2 is 1.90 bits per heavy atom. The highest BCUT2D eigenvalue weighted by molar-refractivity contribution is 14.0. The van der Waals surface area contributed by atoms with Crippen LogP contribution in [0.4, 0.5) is 4.39 Å². The number of aliphatic imine (C=N–C) groups is 1. The standard InChI is InChI=1S/C15H24FN3O.HI/c1-3-20-11-5-4-10-18-15(17-2)19-12-13-6-8-14(16)9-7-13;/h6-9H,3-5,10-12H2,1-2H3,(H2,17,18,19);1H. The van der Waals surface area contributed by atoms with E-state index in [1.54, 1.807) is 19.2 Å². The zero-order valence-corrected chi connectivity index (χ0v) is 15.0. The summed E-state index contributed by atoms with van der Waals surface area (Å²) in [4.78, 5) is 4.14. The predicted octanol–water partition coefficient (Wildman–Crippen LogP) is 2.93. The number of rotatable bonds is 8. The van der Waals surface area contributed by atoms with Gasteiger partial charge in [0.05, 0.1) is 0 Å². The van der Waals surface area contributed by atoms with E-state index in [0.717, 1.165) is 44.1 Å². The van der Waals surface area contributed by atoms with Crippen LogP contribution in [0.2, 0.25) is 0 Å². The van der Waals surface area contributed by atoms with Crippen LogP contribution in [-0.4, -0.2) is 32.8 Å². The minimum Gasteiger partial charge on any atom is -0.382 e. The number of nitrogens with one attached hydrogen (secondary N) is 2. The molecule has 0 fully saturated rings. The fourth-order valence-electron chi connectivity index (χ4n) is 1.69. The summed E-state index contributed by atoms with van der Waals surface area (Å²) in [5.41, 5.74) is 1.02. The normalized spacial score (nSPS) is 10.9. The summed E-state index contributed by atoms with van der Waals surface area (Å²) in [6, 6.07) is 6.44. The molecule has 0 saturated carbocycles. The Morgan fingerprint density at radius 3 is 2.52 bits per heavy atom. The van der Waals surface area contributed by atoms with Crippen LogP contribution in [0.5, 0.6) is 0 Å². The zero-order valence-electron chi connectivity index (χ0n) is 12.7. The van der Waals surface area contributed by atoms with Crippen LogP contribution in [0.1, 0.15) is 25.3 Å². The van der Waals surface area contributed by atoms with Crippen molar-refractivity contribution in [3.05, 3.63) is 35.6 Å². The summed E-state index contributed by atoms with van der Waals surface area (Å²) in [5.74, 6) is 0.538. The summed E-state index contributed by atoms with van der Waals surface area (Å²) in [6.45, 7) is 5.06. The monoisotopic (exact) mass is 409 g/mol. The van der Waals surface area contributed by atoms with Crippen LogP contribution < -0.4 is 10.6 Å². The highest BCUT2D eigenvalue weighted by Gasteiger charge is 1.98. The third kappa shape index (κ3) is 9.62. The number of guanidine groups is 1. The molecule has 1 aromatic rings. The largest absolute Gasteiger partial charge is 0.382 e. The third-order valence-corrected chi connectivity index (χ3v) is 2.81. The van der Waals surface area contributed by atoms with Gasteiger partial charge in [-0.2, -0.15) is 0 Å². The van der Waals surface area contributed by atoms with E-state index in [9.17, 15) is 4.39 Å². The van der Waals surface area contributed by atoms with Gasteiger partial charge in [0.25, 0.3) is 0 Å². The molecular weight excluding hydrogens is 384 g/mol. The minimum absolute atomic E-state index is 0. The summed E-state index contributed by atoms with van der Waals surface area (Å²) in [6.07, 6.45) is 2.08. The molecule has 0 aliphatic heterocycles. The van der Waals surface area contributed by atoms with Crippen molar-refractivity contribution in [1.29, 1.82) is 0 Å². The molecule has 0 unspecified atom stereocenters. The molecule has 21 heavy (non-hydrogen) atoms. The first-order valence-corrected chi connectivity index (χ1v) is 7.03. The minimum atomic E-state index is -0.217. The average Bonchev–Trinajstić information content (AvgIpc) is 2.47. The van der Waals surface area contributed by atoms with E-state index in [0.29, 0.717) is 6.54 Å². The smallest absolute Gasteiger partial charge is 0.191 e. The zero-order chi connectivity index (χ0) is 14.6. The molecule has 0 aromatic heterocycles. The molecular formula is C15H25FIN3O. The topological polar surface area (TPSA) is 45.6 Å². The van der Waals surface area contributed by atoms with Gasteiger partial charge in [0.1, 0.15) is 5.82 Å². The Hall–Kier alpha value is -0.890. The molecule has 0 atom stereocenters. The van der Waals surface area contributed by atoms with Crippen LogP contribution in [0.25, 0.3) is 0 Å². The van der Waals surface area contributed by atoms with E-state index in [1.165, 1.54) is 12.1 Å². The fraction of sp³-hybridized carbons (Fsp3) is 0.533. The van der Waals surface area contributed by atoms with E-state index in [2.05, 4.69) is 15.6 Å². The molecule has 0 aliphatic carbocycles. The van der Waals surface area contributed by atoms with E-state index >= 15 is 0 Å². The highest BCUT2D eigenvalue weighted by Crippen LogP contribution is 2.01. The molecule has 1 rings (SSSR count). The number of hydrogen-bond acceptors (Lipinski definition) is 2. The highest BCUT2D eigenvalue weighted by atomic mass is 127. The van der Waals surface area contributed by atoms with Gasteiger partial charge in [-0.15, -0.1) is 24.0 Å². The predicted molar refractivity (Wildman–Crippen MR) is 95.7 cm³/mol. The van der Waals surface area contributed by atoms with Gasteiger partial charge >= 0.3 is 0 Å². The first kappa shape index (κ1) is 20.1. The Kier molecular flexibility index (Phi) is 12.3. The summed E-state index contributed by atoms with van der Waals surface area (Å²) >= 11 is 0. The maximum atomic E-state index is 12.8. The van der Waals surface area contributed by atoms with Crippen molar-refractivity contribution in [3.63, 3.8) is 0 Å². The van der Waals surface area contributed by atoms with Gasteiger partial charge in [0, 0.05) is 33.4 Å². The van der Waals surface area contributed by atoms with Crippen LogP contribution in [-0.2, 0) is 11.3 Å². The second-order valence-corrected chi connectivity index (χ2v) is 4.38. The van der Waals surface area contributed by atoms with Gasteiger partial charge in [0.2, 0.25) is 0 Å². The number of benzene rings is 1. The molecule has 0 heterocycles. The summed E-state index contributed by atoms with van der Waals surface area (Å²) < 4.78 is 18.1. The van der Waals surface area contributed by atoms with Crippen molar-refractivity contribution < 1.29 is 9.13 Å². The second-order valence-electron chi connectivity index (χ2n) is 4.38. The third-order valence-electron chi connectivity index (χ3n) is 2.81. The maximum Gasteiger partial charge on any atom is 0.191 e. The molecule has 0 spiro atoms. The van der Waals surface area contributed by atoms with Crippen LogP contribution >= 0.6 is 24.0 Å². The fourth-order valence-corrected chi connectivity index (χ4v) is 1.69. The lowest BCUT2D eigenvalue weighted by Crippen LogP contribution is -2.37. The van der Waals surface area contributed by atoms with Gasteiger partial charge in [0.15, 0.2) is 5.96 Å². The van der Waals surface area contributed by atoms with Crippen LogP contribution in [0.15, 0.2) is 29.3 Å². The van der Waals surface area contributed by atoms with Gasteiger partial charge in [-0.05, 0) is 37.5 Å². The van der Waals surface area contributed by atoms with Crippen molar-refractivity contribution >= 4 is 29.9 Å². The van der Waals surface area contributed by atoms with Gasteiger partial charge in [-0.1, -0.05) is 12.1 Å². The molecule has 0 amide bonds. The molecule has 0 bridgehead atoms. The first-order chi connectivity index (χ1) is 9.76. The van der Waals surface area contributed by atoms with E-state index in [-0.39, 0.29) is 29.8 Å². The van der Waals surface area contributed by atoms with E-state index < -0.39 is 0 Å². The molecule has 6 heteroatoms. The van der Waals surface area contributed by atoms with Crippen molar-refractivity contribution in [3.8, 4) is 0 Å². The Morgan fingerprint density at radius 1 is 1.19 bits per heavy atom. The van der Waals surface area contributed by atoms with Crippen LogP contribution in [0, 0.1) is 5.82 Å². The maximum absolute atomic E-state index is 12.8. The Labute approximate surface area is 143 Å². The quantitative estimate of drug-likeness (QED) is 0.301. The second kappa shape index (κ2) is 12.8. The molecule has 0 radical (unpaired) electrons. The SMILES string of the molecule is CCOCCCCNC(=NC)NCc1ccc(F)cc1.I. The lowest BCUT2D eigenvalue weighted by atomic mass is 10.2. The molecule has 0 aliphatic rings.